The van der Waals surface area contributed by atoms with Crippen LogP contribution in [-0.2, 0) is 11.3 Å². The van der Waals surface area contributed by atoms with Gasteiger partial charge in [0.2, 0.25) is 5.91 Å². The van der Waals surface area contributed by atoms with Gasteiger partial charge in [0.25, 0.3) is 0 Å². The number of hydrogen-bond acceptors (Lipinski definition) is 3. The smallest absolute Gasteiger partial charge is 0.390 e. The number of halogens is 3. The number of benzene rings is 1. The second-order valence-electron chi connectivity index (χ2n) is 4.84. The van der Waals surface area contributed by atoms with E-state index in [4.69, 9.17) is 4.74 Å². The Balaban J connectivity index is 2.28. The predicted molar refractivity (Wildman–Crippen MR) is 84.9 cm³/mol. The fraction of sp³-hybridized carbons (Fsp3) is 0.467. The Morgan fingerprint density at radius 2 is 1.83 bits per heavy atom. The van der Waals surface area contributed by atoms with Gasteiger partial charge < -0.3 is 20.7 Å². The van der Waals surface area contributed by atoms with E-state index in [0.29, 0.717) is 6.54 Å². The third-order valence-electron chi connectivity index (χ3n) is 2.99. The first-order valence-corrected chi connectivity index (χ1v) is 7.25. The Labute approximate surface area is 138 Å². The molecule has 0 saturated heterocycles. The van der Waals surface area contributed by atoms with Crippen LogP contribution in [0.1, 0.15) is 12.0 Å². The second-order valence-corrected chi connectivity index (χ2v) is 4.84. The minimum atomic E-state index is -4.23. The number of carbonyl (C=O) groups is 1. The third kappa shape index (κ3) is 8.25. The van der Waals surface area contributed by atoms with Gasteiger partial charge in [0, 0.05) is 20.1 Å². The average Bonchev–Trinajstić information content (AvgIpc) is 2.55. The summed E-state index contributed by atoms with van der Waals surface area (Å²) in [6.07, 6.45) is -5.21. The summed E-state index contributed by atoms with van der Waals surface area (Å²) in [6.45, 7) is -0.0664. The molecule has 6 nitrogen and oxygen atoms in total. The molecule has 9 heteroatoms. The van der Waals surface area contributed by atoms with Gasteiger partial charge in [-0.05, 0) is 17.7 Å². The molecular formula is C15H21F3N4O2. The van der Waals surface area contributed by atoms with Gasteiger partial charge in [0.05, 0.1) is 20.1 Å². The van der Waals surface area contributed by atoms with Gasteiger partial charge >= 0.3 is 6.18 Å². The summed E-state index contributed by atoms with van der Waals surface area (Å²) in [6, 6.07) is 7.21. The zero-order chi connectivity index (χ0) is 18.0. The summed E-state index contributed by atoms with van der Waals surface area (Å²) in [4.78, 5) is 15.5. The van der Waals surface area contributed by atoms with Crippen LogP contribution >= 0.6 is 0 Å². The zero-order valence-corrected chi connectivity index (χ0v) is 13.5. The van der Waals surface area contributed by atoms with Gasteiger partial charge in [-0.25, -0.2) is 0 Å². The number of nitrogens with zero attached hydrogens (tertiary/aromatic N) is 1. The summed E-state index contributed by atoms with van der Waals surface area (Å²) >= 11 is 0. The maximum absolute atomic E-state index is 12.1. The quantitative estimate of drug-likeness (QED) is 0.516. The molecule has 0 radical (unpaired) electrons. The van der Waals surface area contributed by atoms with Crippen LogP contribution in [0.3, 0.4) is 0 Å². The summed E-state index contributed by atoms with van der Waals surface area (Å²) < 4.78 is 41.2. The van der Waals surface area contributed by atoms with Gasteiger partial charge in [0.1, 0.15) is 5.75 Å². The minimum absolute atomic E-state index is 0.0954. The van der Waals surface area contributed by atoms with Gasteiger partial charge in [-0.2, -0.15) is 13.2 Å². The SMILES string of the molecule is CN=C(NCCC(F)(F)F)NCC(=O)NCc1ccc(OC)cc1. The first-order chi connectivity index (χ1) is 11.3. The molecule has 1 rings (SSSR count). The van der Waals surface area contributed by atoms with Crippen molar-refractivity contribution in [2.75, 3.05) is 27.2 Å². The van der Waals surface area contributed by atoms with Crippen LogP contribution < -0.4 is 20.7 Å². The van der Waals surface area contributed by atoms with Crippen LogP contribution in [0.2, 0.25) is 0 Å². The zero-order valence-electron chi connectivity index (χ0n) is 13.5. The van der Waals surface area contributed by atoms with Crippen molar-refractivity contribution in [1.29, 1.82) is 0 Å². The molecule has 0 aliphatic heterocycles. The Kier molecular flexibility index (Phi) is 7.87. The molecule has 0 aromatic heterocycles. The highest BCUT2D eigenvalue weighted by Crippen LogP contribution is 2.18. The molecule has 0 aliphatic carbocycles. The first kappa shape index (κ1) is 19.6. The van der Waals surface area contributed by atoms with Crippen molar-refractivity contribution in [3.63, 3.8) is 0 Å². The predicted octanol–water partition coefficient (Wildman–Crippen LogP) is 1.43. The Morgan fingerprint density at radius 1 is 1.17 bits per heavy atom. The van der Waals surface area contributed by atoms with E-state index in [1.165, 1.54) is 7.05 Å². The number of amides is 1. The number of methoxy groups -OCH3 is 1. The molecule has 0 aliphatic rings. The van der Waals surface area contributed by atoms with Crippen LogP contribution in [-0.4, -0.2) is 45.3 Å². The van der Waals surface area contributed by atoms with Crippen LogP contribution in [0.5, 0.6) is 5.75 Å². The second kappa shape index (κ2) is 9.64. The Hall–Kier alpha value is -2.45. The van der Waals surface area contributed by atoms with Gasteiger partial charge in [0.15, 0.2) is 5.96 Å². The van der Waals surface area contributed by atoms with Gasteiger partial charge in [-0.1, -0.05) is 12.1 Å². The highest BCUT2D eigenvalue weighted by Gasteiger charge is 2.26. The fourth-order valence-electron chi connectivity index (χ4n) is 1.71. The molecule has 1 aromatic carbocycles. The molecule has 0 fully saturated rings. The first-order valence-electron chi connectivity index (χ1n) is 7.25. The van der Waals surface area contributed by atoms with Gasteiger partial charge in [-0.15, -0.1) is 0 Å². The van der Waals surface area contributed by atoms with E-state index < -0.39 is 12.6 Å². The van der Waals surface area contributed by atoms with Crippen molar-refractivity contribution in [1.82, 2.24) is 16.0 Å². The minimum Gasteiger partial charge on any atom is -0.497 e. The van der Waals surface area contributed by atoms with E-state index in [1.807, 2.05) is 12.1 Å². The maximum atomic E-state index is 12.1. The molecule has 24 heavy (non-hydrogen) atoms. The molecule has 1 aromatic rings. The third-order valence-corrected chi connectivity index (χ3v) is 2.99. The van der Waals surface area contributed by atoms with Crippen LogP contribution in [0.25, 0.3) is 0 Å². The summed E-state index contributed by atoms with van der Waals surface area (Å²) in [5.74, 6) is 0.559. The van der Waals surface area contributed by atoms with Gasteiger partial charge in [-0.3, -0.25) is 9.79 Å². The van der Waals surface area contributed by atoms with E-state index in [-0.39, 0.29) is 25.0 Å². The lowest BCUT2D eigenvalue weighted by molar-refractivity contribution is -0.132. The number of hydrogen-bond donors (Lipinski definition) is 3. The molecule has 0 bridgehead atoms. The van der Waals surface area contributed by atoms with E-state index in [9.17, 15) is 18.0 Å². The molecule has 0 atom stereocenters. The monoisotopic (exact) mass is 346 g/mol. The molecule has 134 valence electrons. The maximum Gasteiger partial charge on any atom is 0.390 e. The average molecular weight is 346 g/mol. The lowest BCUT2D eigenvalue weighted by atomic mass is 10.2. The number of nitrogens with one attached hydrogen (secondary N) is 3. The normalized spacial score (nSPS) is 11.8. The molecule has 0 spiro atoms. The van der Waals surface area contributed by atoms with Crippen molar-refractivity contribution in [2.45, 2.75) is 19.1 Å². The molecule has 1 amide bonds. The van der Waals surface area contributed by atoms with E-state index >= 15 is 0 Å². The van der Waals surface area contributed by atoms with Crippen LogP contribution in [0, 0.1) is 0 Å². The van der Waals surface area contributed by atoms with Crippen LogP contribution in [0.15, 0.2) is 29.3 Å². The number of guanidine groups is 1. The van der Waals surface area contributed by atoms with Crippen molar-refractivity contribution >= 4 is 11.9 Å². The highest BCUT2D eigenvalue weighted by atomic mass is 19.4. The van der Waals surface area contributed by atoms with Crippen molar-refractivity contribution in [3.05, 3.63) is 29.8 Å². The Morgan fingerprint density at radius 3 is 2.38 bits per heavy atom. The lowest BCUT2D eigenvalue weighted by Gasteiger charge is -2.13. The molecular weight excluding hydrogens is 325 g/mol. The summed E-state index contributed by atoms with van der Waals surface area (Å²) in [7, 11) is 2.98. The van der Waals surface area contributed by atoms with Crippen molar-refractivity contribution in [3.8, 4) is 5.75 Å². The standard InChI is InChI=1S/C15H21F3N4O2/c1-19-14(20-8-7-15(16,17)18)22-10-13(23)21-9-11-3-5-12(24-2)6-4-11/h3-6H,7-10H2,1-2H3,(H,21,23)(H2,19,20,22). The highest BCUT2D eigenvalue weighted by molar-refractivity contribution is 5.86. The number of ether oxygens (including phenoxy) is 1. The van der Waals surface area contributed by atoms with E-state index in [1.54, 1.807) is 19.2 Å². The number of alkyl halides is 3. The Bertz CT molecular complexity index is 545. The van der Waals surface area contributed by atoms with E-state index in [2.05, 4.69) is 20.9 Å². The molecule has 0 saturated carbocycles. The number of carbonyl (C=O) groups excluding carboxylic acids is 1. The molecule has 0 heterocycles. The van der Waals surface area contributed by atoms with E-state index in [0.717, 1.165) is 11.3 Å². The summed E-state index contributed by atoms with van der Waals surface area (Å²) in [5, 5.41) is 7.83. The fourth-order valence-corrected chi connectivity index (χ4v) is 1.71. The summed E-state index contributed by atoms with van der Waals surface area (Å²) in [5.41, 5.74) is 0.900. The largest absolute Gasteiger partial charge is 0.497 e. The van der Waals surface area contributed by atoms with Crippen molar-refractivity contribution < 1.29 is 22.7 Å². The number of rotatable bonds is 7. The van der Waals surface area contributed by atoms with Crippen molar-refractivity contribution in [2.24, 2.45) is 4.99 Å². The molecule has 3 N–H and O–H groups in total. The van der Waals surface area contributed by atoms with Crippen LogP contribution in [0.4, 0.5) is 13.2 Å². The topological polar surface area (TPSA) is 74.8 Å². The molecule has 0 unspecified atom stereocenters. The number of aliphatic imine (C=N–C) groups is 1. The lowest BCUT2D eigenvalue weighted by Crippen LogP contribution is -2.43.